The minimum atomic E-state index is -4.95. The number of nitrogens with zero attached hydrogens (tertiary/aromatic N) is 1. The monoisotopic (exact) mass is 549 g/mol. The number of alkyl halides is 6. The quantitative estimate of drug-likeness (QED) is 0.192. The molecule has 1 nitrogen and oxygen atoms in total. The Morgan fingerprint density at radius 3 is 1.55 bits per heavy atom. The lowest BCUT2D eigenvalue weighted by Gasteiger charge is -2.17. The molecular weight excluding hydrogens is 524 g/mol. The Morgan fingerprint density at radius 2 is 1.05 bits per heavy atom. The normalized spacial score (nSPS) is 12.1. The molecule has 0 spiro atoms. The van der Waals surface area contributed by atoms with Crippen LogP contribution in [-0.2, 0) is 18.9 Å². The smallest absolute Gasteiger partial charge is 0.335 e. The van der Waals surface area contributed by atoms with Crippen molar-refractivity contribution in [2.24, 2.45) is 0 Å². The van der Waals surface area contributed by atoms with Gasteiger partial charge in [-0.15, -0.1) is 0 Å². The van der Waals surface area contributed by atoms with Crippen LogP contribution in [0, 0.1) is 13.8 Å². The first-order chi connectivity index (χ1) is 18.9. The maximum Gasteiger partial charge on any atom is 0.416 e. The molecule has 4 aromatic carbocycles. The third kappa shape index (κ3) is 5.69. The molecule has 7 heteroatoms. The van der Waals surface area contributed by atoms with E-state index in [1.54, 1.807) is 6.07 Å². The number of halogens is 6. The van der Waals surface area contributed by atoms with E-state index in [0.717, 1.165) is 34.4 Å². The first kappa shape index (κ1) is 27.3. The number of rotatable bonds is 5. The van der Waals surface area contributed by atoms with Gasteiger partial charge in [-0.25, -0.2) is 0 Å². The molecule has 1 heterocycles. The van der Waals surface area contributed by atoms with Crippen LogP contribution in [0.1, 0.15) is 27.8 Å². The van der Waals surface area contributed by atoms with E-state index in [1.165, 1.54) is 0 Å². The van der Waals surface area contributed by atoms with Gasteiger partial charge >= 0.3 is 12.4 Å². The lowest BCUT2D eigenvalue weighted by molar-refractivity contribution is -0.143. The Bertz CT molecular complexity index is 1590. The molecular formula is C33H25F6N. The summed E-state index contributed by atoms with van der Waals surface area (Å²) in [5.74, 6) is 0. The highest BCUT2D eigenvalue weighted by Gasteiger charge is 2.37. The van der Waals surface area contributed by atoms with Crippen LogP contribution in [-0.4, -0.2) is 4.57 Å². The minimum absolute atomic E-state index is 0.155. The Morgan fingerprint density at radius 1 is 0.550 bits per heavy atom. The van der Waals surface area contributed by atoms with Gasteiger partial charge in [-0.2, -0.15) is 26.3 Å². The molecule has 0 bridgehead atoms. The van der Waals surface area contributed by atoms with E-state index in [-0.39, 0.29) is 17.2 Å². The van der Waals surface area contributed by atoms with Crippen LogP contribution in [0.4, 0.5) is 26.3 Å². The van der Waals surface area contributed by atoms with Gasteiger partial charge in [-0.1, -0.05) is 90.0 Å². The first-order valence-corrected chi connectivity index (χ1v) is 12.6. The SMILES string of the molecule is Cc1ccc(-c2cc(-c3cc(C(F)(F)F)cc(C(F)(F)F)c3)c(-c3ccc(C)cc3)n2Cc2ccccc2)cc1. The second kappa shape index (κ2) is 10.4. The summed E-state index contributed by atoms with van der Waals surface area (Å²) in [5.41, 5.74) is 3.06. The van der Waals surface area contributed by atoms with Gasteiger partial charge in [-0.05, 0) is 60.4 Å². The molecule has 5 rings (SSSR count). The average Bonchev–Trinajstić information content (AvgIpc) is 3.28. The molecule has 1 aromatic heterocycles. The van der Waals surface area contributed by atoms with Crippen LogP contribution >= 0.6 is 0 Å². The Hall–Kier alpha value is -4.26. The number of hydrogen-bond acceptors (Lipinski definition) is 0. The highest BCUT2D eigenvalue weighted by atomic mass is 19.4. The van der Waals surface area contributed by atoms with E-state index in [1.807, 2.05) is 97.3 Å². The van der Waals surface area contributed by atoms with E-state index in [9.17, 15) is 26.3 Å². The molecule has 0 amide bonds. The molecule has 0 aliphatic heterocycles. The van der Waals surface area contributed by atoms with E-state index in [0.29, 0.717) is 23.5 Å². The minimum Gasteiger partial charge on any atom is -0.335 e. The lowest BCUT2D eigenvalue weighted by atomic mass is 9.96. The maximum absolute atomic E-state index is 13.8. The van der Waals surface area contributed by atoms with Gasteiger partial charge in [0.2, 0.25) is 0 Å². The summed E-state index contributed by atoms with van der Waals surface area (Å²) in [7, 11) is 0. The van der Waals surface area contributed by atoms with Crippen molar-refractivity contribution in [3.05, 3.63) is 131 Å². The Labute approximate surface area is 228 Å². The van der Waals surface area contributed by atoms with Crippen LogP contribution < -0.4 is 0 Å². The summed E-state index contributed by atoms with van der Waals surface area (Å²) in [5, 5.41) is 0. The highest BCUT2D eigenvalue weighted by Crippen LogP contribution is 2.44. The molecule has 40 heavy (non-hydrogen) atoms. The van der Waals surface area contributed by atoms with Gasteiger partial charge in [0.25, 0.3) is 0 Å². The van der Waals surface area contributed by atoms with E-state index >= 15 is 0 Å². The van der Waals surface area contributed by atoms with E-state index in [4.69, 9.17) is 0 Å². The molecule has 204 valence electrons. The Balaban J connectivity index is 1.86. The molecule has 0 N–H and O–H groups in total. The zero-order valence-corrected chi connectivity index (χ0v) is 21.7. The van der Waals surface area contributed by atoms with Gasteiger partial charge in [0.15, 0.2) is 0 Å². The molecule has 0 atom stereocenters. The highest BCUT2D eigenvalue weighted by molar-refractivity contribution is 5.87. The molecule has 0 saturated carbocycles. The van der Waals surface area contributed by atoms with Crippen LogP contribution in [0.3, 0.4) is 0 Å². The maximum atomic E-state index is 13.8. The number of benzene rings is 4. The van der Waals surface area contributed by atoms with Crippen LogP contribution in [0.25, 0.3) is 33.6 Å². The molecule has 0 fully saturated rings. The van der Waals surface area contributed by atoms with Gasteiger partial charge in [-0.3, -0.25) is 0 Å². The molecule has 5 aromatic rings. The fourth-order valence-corrected chi connectivity index (χ4v) is 4.80. The lowest BCUT2D eigenvalue weighted by Crippen LogP contribution is -2.11. The topological polar surface area (TPSA) is 4.93 Å². The molecule has 0 saturated heterocycles. The largest absolute Gasteiger partial charge is 0.416 e. The molecule has 0 radical (unpaired) electrons. The fourth-order valence-electron chi connectivity index (χ4n) is 4.80. The summed E-state index contributed by atoms with van der Waals surface area (Å²) < 4.78 is 84.9. The number of aromatic nitrogens is 1. The zero-order valence-electron chi connectivity index (χ0n) is 21.7. The van der Waals surface area contributed by atoms with Crippen molar-refractivity contribution in [3.63, 3.8) is 0 Å². The number of hydrogen-bond donors (Lipinski definition) is 0. The van der Waals surface area contributed by atoms with Crippen LogP contribution in [0.5, 0.6) is 0 Å². The standard InChI is InChI=1S/C33H25F6N/c1-21-8-12-24(13-9-21)30-19-29(26-16-27(32(34,35)36)18-28(17-26)33(37,38)39)31(25-14-10-22(2)11-15-25)40(30)20-23-6-4-3-5-7-23/h3-19H,20H2,1-2H3. The zero-order chi connectivity index (χ0) is 28.7. The van der Waals surface area contributed by atoms with Gasteiger partial charge < -0.3 is 4.57 Å². The predicted octanol–water partition coefficient (Wildman–Crippen LogP) is 10.2. The molecule has 0 aliphatic carbocycles. The van der Waals surface area contributed by atoms with Crippen molar-refractivity contribution in [1.29, 1.82) is 0 Å². The van der Waals surface area contributed by atoms with Crippen molar-refractivity contribution in [2.75, 3.05) is 0 Å². The van der Waals surface area contributed by atoms with Crippen LogP contribution in [0.15, 0.2) is 103 Å². The summed E-state index contributed by atoms with van der Waals surface area (Å²) in [6.45, 7) is 4.21. The fraction of sp³-hybridized carbons (Fsp3) is 0.152. The van der Waals surface area contributed by atoms with Crippen molar-refractivity contribution >= 4 is 0 Å². The molecule has 0 unspecified atom stereocenters. The van der Waals surface area contributed by atoms with Gasteiger partial charge in [0, 0.05) is 17.8 Å². The van der Waals surface area contributed by atoms with E-state index in [2.05, 4.69) is 0 Å². The second-order valence-electron chi connectivity index (χ2n) is 9.89. The first-order valence-electron chi connectivity index (χ1n) is 12.6. The third-order valence-corrected chi connectivity index (χ3v) is 6.85. The summed E-state index contributed by atoms with van der Waals surface area (Å²) >= 11 is 0. The van der Waals surface area contributed by atoms with Gasteiger partial charge in [0.05, 0.1) is 16.8 Å². The van der Waals surface area contributed by atoms with E-state index < -0.39 is 23.5 Å². The summed E-state index contributed by atoms with van der Waals surface area (Å²) in [6.07, 6.45) is -9.90. The van der Waals surface area contributed by atoms with Crippen molar-refractivity contribution < 1.29 is 26.3 Å². The Kier molecular flexibility index (Phi) is 7.08. The number of aryl methyl sites for hydroxylation is 2. The van der Waals surface area contributed by atoms with Crippen LogP contribution in [0.2, 0.25) is 0 Å². The summed E-state index contributed by atoms with van der Waals surface area (Å²) in [6, 6.07) is 28.1. The average molecular weight is 550 g/mol. The van der Waals surface area contributed by atoms with Crippen molar-refractivity contribution in [1.82, 2.24) is 4.57 Å². The van der Waals surface area contributed by atoms with Gasteiger partial charge in [0.1, 0.15) is 0 Å². The third-order valence-electron chi connectivity index (χ3n) is 6.85. The predicted molar refractivity (Wildman–Crippen MR) is 146 cm³/mol. The summed E-state index contributed by atoms with van der Waals surface area (Å²) in [4.78, 5) is 0. The molecule has 0 aliphatic rings. The van der Waals surface area contributed by atoms with Crippen molar-refractivity contribution in [3.8, 4) is 33.6 Å². The van der Waals surface area contributed by atoms with Crippen molar-refractivity contribution in [2.45, 2.75) is 32.7 Å². The second-order valence-corrected chi connectivity index (χ2v) is 9.89.